The fourth-order valence-electron chi connectivity index (χ4n) is 2.83. The van der Waals surface area contributed by atoms with Gasteiger partial charge in [-0.3, -0.25) is 4.79 Å². The van der Waals surface area contributed by atoms with Crippen molar-refractivity contribution in [2.75, 3.05) is 0 Å². The molecule has 2 nitrogen and oxygen atoms in total. The van der Waals surface area contributed by atoms with E-state index in [-0.39, 0.29) is 5.56 Å². The van der Waals surface area contributed by atoms with Crippen molar-refractivity contribution < 1.29 is 18.0 Å². The van der Waals surface area contributed by atoms with Crippen LogP contribution in [0.5, 0.6) is 0 Å². The quantitative estimate of drug-likeness (QED) is 0.463. The highest BCUT2D eigenvalue weighted by Crippen LogP contribution is 2.38. The van der Waals surface area contributed by atoms with E-state index < -0.39 is 24.4 Å². The second-order valence-corrected chi connectivity index (χ2v) is 8.18. The van der Waals surface area contributed by atoms with E-state index in [4.69, 9.17) is 0 Å². The van der Waals surface area contributed by atoms with Crippen molar-refractivity contribution in [1.29, 1.82) is 0 Å². The Bertz CT molecular complexity index is 794. The van der Waals surface area contributed by atoms with Gasteiger partial charge in [0.05, 0.1) is 19.0 Å². The molecule has 1 amide bonds. The predicted octanol–water partition coefficient (Wildman–Crippen LogP) is 6.07. The molecule has 1 aromatic carbocycles. The maximum absolute atomic E-state index is 13.6. The van der Waals surface area contributed by atoms with E-state index in [0.717, 1.165) is 9.75 Å². The van der Waals surface area contributed by atoms with Gasteiger partial charge in [0.25, 0.3) is 0 Å². The van der Waals surface area contributed by atoms with Gasteiger partial charge in [0.15, 0.2) is 0 Å². The molecule has 0 aliphatic rings. The fourth-order valence-corrected chi connectivity index (χ4v) is 4.26. The Balaban J connectivity index is 1.81. The molecule has 0 N–H and O–H groups in total. The average Bonchev–Trinajstić information content (AvgIpc) is 3.32. The van der Waals surface area contributed by atoms with Crippen molar-refractivity contribution in [3.8, 4) is 0 Å². The Morgan fingerprint density at radius 2 is 1.44 bits per heavy atom. The Hall–Kier alpha value is -2.12. The topological polar surface area (TPSA) is 20.3 Å². The Labute approximate surface area is 163 Å². The van der Waals surface area contributed by atoms with Crippen LogP contribution in [0.2, 0.25) is 0 Å². The van der Waals surface area contributed by atoms with Crippen LogP contribution >= 0.6 is 22.7 Å². The third kappa shape index (κ3) is 5.43. The van der Waals surface area contributed by atoms with E-state index in [9.17, 15) is 18.0 Å². The molecule has 0 bridgehead atoms. The highest BCUT2D eigenvalue weighted by atomic mass is 32.1. The zero-order chi connectivity index (χ0) is 19.3. The highest BCUT2D eigenvalue weighted by Gasteiger charge is 2.42. The molecular weight excluding hydrogens is 391 g/mol. The molecule has 0 fully saturated rings. The smallest absolute Gasteiger partial charge is 0.332 e. The van der Waals surface area contributed by atoms with Gasteiger partial charge < -0.3 is 4.90 Å². The standard InChI is InChI=1S/C20H18F3NOS2/c21-20(22,23)18(15-6-2-1-3-7-15)12-19(25)24(13-16-8-4-10-26-16)14-17-9-5-11-27-17/h1-11,18H,12-14H2. The van der Waals surface area contributed by atoms with Crippen LogP contribution in [0.3, 0.4) is 0 Å². The van der Waals surface area contributed by atoms with Gasteiger partial charge in [0, 0.05) is 16.2 Å². The van der Waals surface area contributed by atoms with Crippen LogP contribution < -0.4 is 0 Å². The molecule has 2 aromatic heterocycles. The van der Waals surface area contributed by atoms with Crippen LogP contribution in [0.1, 0.15) is 27.7 Å². The van der Waals surface area contributed by atoms with E-state index in [1.165, 1.54) is 39.7 Å². The lowest BCUT2D eigenvalue weighted by molar-refractivity contribution is -0.161. The van der Waals surface area contributed by atoms with Gasteiger partial charge in [-0.1, -0.05) is 42.5 Å². The molecule has 142 valence electrons. The summed E-state index contributed by atoms with van der Waals surface area (Å²) in [5.74, 6) is -2.30. The first-order valence-electron chi connectivity index (χ1n) is 8.37. The molecule has 0 radical (unpaired) electrons. The number of rotatable bonds is 7. The Kier molecular flexibility index (Phi) is 6.34. The number of hydrogen-bond donors (Lipinski definition) is 0. The van der Waals surface area contributed by atoms with Gasteiger partial charge in [0.2, 0.25) is 5.91 Å². The molecule has 0 aliphatic heterocycles. The molecular formula is C20H18F3NOS2. The number of benzene rings is 1. The lowest BCUT2D eigenvalue weighted by atomic mass is 9.94. The van der Waals surface area contributed by atoms with E-state index in [1.54, 1.807) is 18.2 Å². The molecule has 0 aliphatic carbocycles. The summed E-state index contributed by atoms with van der Waals surface area (Å²) in [5.41, 5.74) is 0.116. The first-order chi connectivity index (χ1) is 12.9. The van der Waals surface area contributed by atoms with Gasteiger partial charge in [-0.05, 0) is 28.5 Å². The third-order valence-corrected chi connectivity index (χ3v) is 5.90. The summed E-state index contributed by atoms with van der Waals surface area (Å²) in [6, 6.07) is 15.2. The van der Waals surface area contributed by atoms with Crippen molar-refractivity contribution in [2.24, 2.45) is 0 Å². The molecule has 3 aromatic rings. The summed E-state index contributed by atoms with van der Waals surface area (Å²) >= 11 is 2.98. The summed E-state index contributed by atoms with van der Waals surface area (Å²) in [7, 11) is 0. The third-order valence-electron chi connectivity index (χ3n) is 4.18. The van der Waals surface area contributed by atoms with Crippen molar-refractivity contribution >= 4 is 28.6 Å². The molecule has 27 heavy (non-hydrogen) atoms. The minimum atomic E-state index is -4.48. The predicted molar refractivity (Wildman–Crippen MR) is 103 cm³/mol. The SMILES string of the molecule is O=C(CC(c1ccccc1)C(F)(F)F)N(Cc1cccs1)Cc1cccs1. The van der Waals surface area contributed by atoms with Crippen molar-refractivity contribution in [1.82, 2.24) is 4.90 Å². The van der Waals surface area contributed by atoms with Gasteiger partial charge in [-0.25, -0.2) is 0 Å². The Morgan fingerprint density at radius 1 is 0.889 bits per heavy atom. The zero-order valence-electron chi connectivity index (χ0n) is 14.4. The second-order valence-electron chi connectivity index (χ2n) is 6.12. The van der Waals surface area contributed by atoms with E-state index in [2.05, 4.69) is 0 Å². The van der Waals surface area contributed by atoms with Crippen LogP contribution in [0.25, 0.3) is 0 Å². The maximum atomic E-state index is 13.6. The first kappa shape index (κ1) is 19.6. The average molecular weight is 409 g/mol. The van der Waals surface area contributed by atoms with Gasteiger partial charge in [-0.2, -0.15) is 13.2 Å². The normalized spacial score (nSPS) is 12.7. The molecule has 3 rings (SSSR count). The van der Waals surface area contributed by atoms with Gasteiger partial charge in [0.1, 0.15) is 0 Å². The first-order valence-corrected chi connectivity index (χ1v) is 10.1. The van der Waals surface area contributed by atoms with E-state index >= 15 is 0 Å². The monoisotopic (exact) mass is 409 g/mol. The molecule has 1 unspecified atom stereocenters. The number of amides is 1. The van der Waals surface area contributed by atoms with Crippen molar-refractivity contribution in [3.05, 3.63) is 80.7 Å². The largest absolute Gasteiger partial charge is 0.396 e. The fraction of sp³-hybridized carbons (Fsp3) is 0.250. The maximum Gasteiger partial charge on any atom is 0.396 e. The minimum Gasteiger partial charge on any atom is -0.332 e. The summed E-state index contributed by atoms with van der Waals surface area (Å²) in [4.78, 5) is 16.3. The molecule has 0 saturated carbocycles. The molecule has 2 heterocycles. The molecule has 0 spiro atoms. The number of carbonyl (C=O) groups excluding carboxylic acids is 1. The summed E-state index contributed by atoms with van der Waals surface area (Å²) < 4.78 is 40.9. The summed E-state index contributed by atoms with van der Waals surface area (Å²) in [5, 5.41) is 3.79. The van der Waals surface area contributed by atoms with E-state index in [1.807, 2.05) is 35.0 Å². The molecule has 7 heteroatoms. The van der Waals surface area contributed by atoms with E-state index in [0.29, 0.717) is 13.1 Å². The number of nitrogens with zero attached hydrogens (tertiary/aromatic N) is 1. The Morgan fingerprint density at radius 3 is 1.89 bits per heavy atom. The summed E-state index contributed by atoms with van der Waals surface area (Å²) in [6.07, 6.45) is -5.07. The lowest BCUT2D eigenvalue weighted by Crippen LogP contribution is -2.33. The van der Waals surface area contributed by atoms with Crippen LogP contribution in [-0.4, -0.2) is 17.0 Å². The van der Waals surface area contributed by atoms with Gasteiger partial charge in [-0.15, -0.1) is 22.7 Å². The van der Waals surface area contributed by atoms with Crippen LogP contribution in [0.15, 0.2) is 65.4 Å². The number of thiophene rings is 2. The lowest BCUT2D eigenvalue weighted by Gasteiger charge is -2.26. The number of carbonyl (C=O) groups is 1. The van der Waals surface area contributed by atoms with Gasteiger partial charge >= 0.3 is 6.18 Å². The van der Waals surface area contributed by atoms with Crippen LogP contribution in [0, 0.1) is 0 Å². The van der Waals surface area contributed by atoms with Crippen molar-refractivity contribution in [2.45, 2.75) is 31.6 Å². The van der Waals surface area contributed by atoms with Crippen LogP contribution in [0.4, 0.5) is 13.2 Å². The zero-order valence-corrected chi connectivity index (χ0v) is 16.0. The summed E-state index contributed by atoms with van der Waals surface area (Å²) in [6.45, 7) is 0.627. The number of alkyl halides is 3. The van der Waals surface area contributed by atoms with Crippen molar-refractivity contribution in [3.63, 3.8) is 0 Å². The van der Waals surface area contributed by atoms with Crippen LogP contribution in [-0.2, 0) is 17.9 Å². The number of hydrogen-bond acceptors (Lipinski definition) is 3. The second kappa shape index (κ2) is 8.71. The highest BCUT2D eigenvalue weighted by molar-refractivity contribution is 7.10. The number of halogens is 3. The minimum absolute atomic E-state index is 0.116. The molecule has 1 atom stereocenters. The molecule has 0 saturated heterocycles.